The maximum absolute atomic E-state index is 13.1. The number of aromatic nitrogens is 2. The molecule has 2 aromatic carbocycles. The molecule has 6 heteroatoms. The first-order valence-electron chi connectivity index (χ1n) is 8.47. The fourth-order valence-corrected chi connectivity index (χ4v) is 3.32. The van der Waals surface area contributed by atoms with Crippen LogP contribution in [0, 0.1) is 0 Å². The number of benzene rings is 2. The number of fused-ring (bicyclic) bond motifs is 1. The van der Waals surface area contributed by atoms with Crippen LogP contribution in [0.5, 0.6) is 0 Å². The minimum atomic E-state index is -0.402. The lowest BCUT2D eigenvalue weighted by atomic mass is 10.1. The van der Waals surface area contributed by atoms with Gasteiger partial charge in [0.1, 0.15) is 10.7 Å². The molecule has 0 radical (unpaired) electrons. The highest BCUT2D eigenvalue weighted by Crippen LogP contribution is 2.28. The van der Waals surface area contributed by atoms with Gasteiger partial charge in [0.2, 0.25) is 0 Å². The lowest BCUT2D eigenvalue weighted by molar-refractivity contribution is -0.110. The second kappa shape index (κ2) is 6.25. The van der Waals surface area contributed by atoms with Crippen LogP contribution in [0.4, 0.5) is 5.69 Å². The average Bonchev–Trinajstić information content (AvgIpc) is 3.01. The number of hydrogen-bond acceptors (Lipinski definition) is 3. The summed E-state index contributed by atoms with van der Waals surface area (Å²) in [4.78, 5) is 38.6. The van der Waals surface area contributed by atoms with Crippen LogP contribution in [-0.2, 0) is 18.9 Å². The Morgan fingerprint density at radius 2 is 1.48 bits per heavy atom. The molecule has 1 aromatic heterocycles. The van der Waals surface area contributed by atoms with E-state index in [1.807, 2.05) is 30.3 Å². The van der Waals surface area contributed by atoms with Crippen molar-refractivity contribution >= 4 is 23.2 Å². The van der Waals surface area contributed by atoms with Crippen molar-refractivity contribution in [2.45, 2.75) is 0 Å². The van der Waals surface area contributed by atoms with Gasteiger partial charge in [-0.3, -0.25) is 14.4 Å². The zero-order valence-corrected chi connectivity index (χ0v) is 14.9. The van der Waals surface area contributed by atoms with E-state index in [9.17, 15) is 14.4 Å². The quantitative estimate of drug-likeness (QED) is 0.668. The Morgan fingerprint density at radius 1 is 0.815 bits per heavy atom. The zero-order valence-electron chi connectivity index (χ0n) is 14.9. The first-order valence-corrected chi connectivity index (χ1v) is 8.47. The summed E-state index contributed by atoms with van der Waals surface area (Å²) < 4.78 is 2.56. The van der Waals surface area contributed by atoms with Gasteiger partial charge in [-0.2, -0.15) is 0 Å². The minimum absolute atomic E-state index is 0.0789. The first-order chi connectivity index (χ1) is 13.0. The summed E-state index contributed by atoms with van der Waals surface area (Å²) in [5.74, 6) is -0.386. The molecular weight excluding hydrogens is 342 g/mol. The third-order valence-electron chi connectivity index (χ3n) is 4.74. The molecule has 0 saturated carbocycles. The van der Waals surface area contributed by atoms with Crippen LogP contribution in [0.3, 0.4) is 0 Å². The first kappa shape index (κ1) is 16.8. The Labute approximate surface area is 154 Å². The number of anilines is 1. The summed E-state index contributed by atoms with van der Waals surface area (Å²) in [5.41, 5.74) is 1.54. The highest BCUT2D eigenvalue weighted by Gasteiger charge is 2.26. The second-order valence-electron chi connectivity index (χ2n) is 6.39. The Bertz CT molecular complexity index is 1320. The second-order valence-corrected chi connectivity index (χ2v) is 6.39. The number of rotatable bonds is 1. The number of amides is 1. The van der Waals surface area contributed by atoms with Crippen molar-refractivity contribution in [1.82, 2.24) is 9.13 Å². The average molecular weight is 359 g/mol. The molecule has 0 unspecified atom stereocenters. The normalized spacial score (nSPS) is 15.6. The lowest BCUT2D eigenvalue weighted by Gasteiger charge is -2.07. The molecule has 1 aliphatic heterocycles. The third-order valence-corrected chi connectivity index (χ3v) is 4.74. The van der Waals surface area contributed by atoms with Crippen molar-refractivity contribution in [2.75, 3.05) is 5.32 Å². The fourth-order valence-electron chi connectivity index (χ4n) is 3.32. The molecule has 0 aliphatic carbocycles. The summed E-state index contributed by atoms with van der Waals surface area (Å²) >= 11 is 0. The Kier molecular flexibility index (Phi) is 3.88. The molecule has 1 N–H and O–H groups in total. The van der Waals surface area contributed by atoms with E-state index < -0.39 is 5.56 Å². The molecule has 0 bridgehead atoms. The van der Waals surface area contributed by atoms with Gasteiger partial charge in [0, 0.05) is 25.3 Å². The summed E-state index contributed by atoms with van der Waals surface area (Å²) in [5, 5.41) is 3.08. The molecule has 3 aromatic rings. The van der Waals surface area contributed by atoms with Crippen molar-refractivity contribution in [1.29, 1.82) is 0 Å². The van der Waals surface area contributed by atoms with Crippen LogP contribution >= 0.6 is 0 Å². The molecular formula is C21H17N3O3. The van der Waals surface area contributed by atoms with Crippen LogP contribution in [0.1, 0.15) is 11.1 Å². The van der Waals surface area contributed by atoms with Crippen LogP contribution in [0.2, 0.25) is 0 Å². The molecule has 0 fully saturated rings. The number of carbonyl (C=O) groups excluding carboxylic acids is 1. The summed E-state index contributed by atoms with van der Waals surface area (Å²) in [6.45, 7) is 0. The van der Waals surface area contributed by atoms with Crippen molar-refractivity contribution in [3.8, 4) is 0 Å². The van der Waals surface area contributed by atoms with Crippen LogP contribution in [-0.4, -0.2) is 15.0 Å². The van der Waals surface area contributed by atoms with Crippen LogP contribution in [0.25, 0.3) is 11.6 Å². The smallest absolute Gasteiger partial charge is 0.275 e. The number of para-hydroxylation sites is 1. The van der Waals surface area contributed by atoms with E-state index >= 15 is 0 Å². The molecule has 0 saturated heterocycles. The monoisotopic (exact) mass is 359 g/mol. The highest BCUT2D eigenvalue weighted by molar-refractivity contribution is 6.31. The summed E-state index contributed by atoms with van der Waals surface area (Å²) in [6, 6.07) is 16.4. The van der Waals surface area contributed by atoms with Gasteiger partial charge in [0.25, 0.3) is 17.0 Å². The molecule has 27 heavy (non-hydrogen) atoms. The molecule has 134 valence electrons. The summed E-state index contributed by atoms with van der Waals surface area (Å²) in [6.07, 6.45) is 1.67. The number of hydrogen-bond donors (Lipinski definition) is 1. The Morgan fingerprint density at radius 3 is 2.22 bits per heavy atom. The van der Waals surface area contributed by atoms with Crippen molar-refractivity contribution < 1.29 is 4.79 Å². The zero-order chi connectivity index (χ0) is 19.1. The van der Waals surface area contributed by atoms with Gasteiger partial charge in [0.05, 0.1) is 5.57 Å². The van der Waals surface area contributed by atoms with Crippen LogP contribution < -0.4 is 27.1 Å². The standard InChI is InChI=1S/C21H17N3O3/c1-23-16(12-13-8-4-3-5-9-13)20(26)24(2)18(21(23)27)17-14-10-6-7-11-15(14)22-19(17)25/h3-12H,1-2H3,(H,22,25)/b16-12-,18-17-. The van der Waals surface area contributed by atoms with Gasteiger partial charge in [-0.05, 0) is 17.7 Å². The van der Waals surface area contributed by atoms with E-state index in [4.69, 9.17) is 0 Å². The largest absolute Gasteiger partial charge is 0.321 e. The van der Waals surface area contributed by atoms with Crippen molar-refractivity contribution in [3.63, 3.8) is 0 Å². The molecule has 4 rings (SSSR count). The molecule has 0 spiro atoms. The van der Waals surface area contributed by atoms with Gasteiger partial charge < -0.3 is 14.5 Å². The molecule has 1 aliphatic rings. The van der Waals surface area contributed by atoms with E-state index in [-0.39, 0.29) is 27.7 Å². The van der Waals surface area contributed by atoms with Gasteiger partial charge in [0.15, 0.2) is 0 Å². The predicted molar refractivity (Wildman–Crippen MR) is 104 cm³/mol. The van der Waals surface area contributed by atoms with Gasteiger partial charge in [-0.25, -0.2) is 0 Å². The van der Waals surface area contributed by atoms with Crippen molar-refractivity contribution in [3.05, 3.63) is 97.1 Å². The minimum Gasteiger partial charge on any atom is -0.321 e. The SMILES string of the molecule is Cn1c(=O)/c(=C2/C(=O)Nc3ccccc32)n(C)c(=O)/c1=C/c1ccccc1. The van der Waals surface area contributed by atoms with Crippen molar-refractivity contribution in [2.24, 2.45) is 14.1 Å². The van der Waals surface area contributed by atoms with E-state index in [0.29, 0.717) is 11.3 Å². The molecule has 2 heterocycles. The highest BCUT2D eigenvalue weighted by atomic mass is 16.2. The summed E-state index contributed by atoms with van der Waals surface area (Å²) in [7, 11) is 3.06. The van der Waals surface area contributed by atoms with E-state index in [0.717, 1.165) is 5.56 Å². The fraction of sp³-hybridized carbons (Fsp3) is 0.0952. The van der Waals surface area contributed by atoms with Gasteiger partial charge in [-0.15, -0.1) is 0 Å². The van der Waals surface area contributed by atoms with Crippen LogP contribution in [0.15, 0.2) is 64.2 Å². The van der Waals surface area contributed by atoms with Gasteiger partial charge in [-0.1, -0.05) is 48.5 Å². The molecule has 0 atom stereocenters. The maximum atomic E-state index is 13.1. The maximum Gasteiger partial charge on any atom is 0.275 e. The molecule has 1 amide bonds. The number of carbonyl (C=O) groups is 1. The third kappa shape index (κ3) is 2.62. The number of nitrogens with zero attached hydrogens (tertiary/aromatic N) is 2. The molecule has 6 nitrogen and oxygen atoms in total. The van der Waals surface area contributed by atoms with E-state index in [1.54, 1.807) is 37.4 Å². The van der Waals surface area contributed by atoms with E-state index in [1.165, 1.54) is 16.2 Å². The number of nitrogens with one attached hydrogen (secondary N) is 1. The predicted octanol–water partition coefficient (Wildman–Crippen LogP) is 0.0639. The topological polar surface area (TPSA) is 73.1 Å². The lowest BCUT2D eigenvalue weighted by Crippen LogP contribution is -2.57. The Balaban J connectivity index is 2.14. The van der Waals surface area contributed by atoms with Gasteiger partial charge >= 0.3 is 0 Å². The Hall–Kier alpha value is -3.67. The van der Waals surface area contributed by atoms with E-state index in [2.05, 4.69) is 5.32 Å².